The SMILES string of the molecule is COc1cccc2c1C(=O)c1c(O)c3c(c(O)c1C2=O)CC(C(C)=O)CC3OC1CCCCO1. The molecule has 0 aromatic heterocycles. The van der Waals surface area contributed by atoms with Crippen molar-refractivity contribution in [2.24, 2.45) is 5.92 Å². The molecule has 5 rings (SSSR count). The molecular weight excluding hydrogens is 440 g/mol. The highest BCUT2D eigenvalue weighted by Crippen LogP contribution is 2.51. The van der Waals surface area contributed by atoms with Crippen LogP contribution in [0.3, 0.4) is 0 Å². The molecule has 8 nitrogen and oxygen atoms in total. The molecule has 2 N–H and O–H groups in total. The van der Waals surface area contributed by atoms with Crippen LogP contribution in [0.1, 0.15) is 81.7 Å². The zero-order valence-electron chi connectivity index (χ0n) is 19.1. The van der Waals surface area contributed by atoms with Crippen molar-refractivity contribution in [3.63, 3.8) is 0 Å². The highest BCUT2D eigenvalue weighted by Gasteiger charge is 2.44. The molecule has 1 heterocycles. The average molecular weight is 466 g/mol. The summed E-state index contributed by atoms with van der Waals surface area (Å²) in [5, 5.41) is 22.6. The number of rotatable bonds is 4. The summed E-state index contributed by atoms with van der Waals surface area (Å²) in [5.74, 6) is -2.34. The van der Waals surface area contributed by atoms with Crippen LogP contribution in [0, 0.1) is 5.92 Å². The monoisotopic (exact) mass is 466 g/mol. The summed E-state index contributed by atoms with van der Waals surface area (Å²) in [4.78, 5) is 39.3. The van der Waals surface area contributed by atoms with E-state index in [0.717, 1.165) is 12.8 Å². The molecule has 2 aliphatic carbocycles. The van der Waals surface area contributed by atoms with Gasteiger partial charge in [-0.05, 0) is 45.1 Å². The Labute approximate surface area is 196 Å². The summed E-state index contributed by atoms with van der Waals surface area (Å²) in [6, 6.07) is 4.64. The lowest BCUT2D eigenvalue weighted by Crippen LogP contribution is -2.32. The Morgan fingerprint density at radius 2 is 1.82 bits per heavy atom. The number of carbonyl (C=O) groups excluding carboxylic acids is 3. The minimum atomic E-state index is -0.779. The molecule has 0 bridgehead atoms. The van der Waals surface area contributed by atoms with Gasteiger partial charge in [0.15, 0.2) is 12.1 Å². The molecule has 1 fully saturated rings. The lowest BCUT2D eigenvalue weighted by Gasteiger charge is -2.36. The summed E-state index contributed by atoms with van der Waals surface area (Å²) in [5.41, 5.74) is 0.117. The number of phenols is 2. The number of Topliss-reactive ketones (excluding diaryl/α,β-unsaturated/α-hetero) is 1. The number of carbonyl (C=O) groups is 3. The maximum Gasteiger partial charge on any atom is 0.202 e. The summed E-state index contributed by atoms with van der Waals surface area (Å²) >= 11 is 0. The first kappa shape index (κ1) is 22.6. The van der Waals surface area contributed by atoms with Crippen molar-refractivity contribution in [2.45, 2.75) is 51.4 Å². The van der Waals surface area contributed by atoms with Crippen molar-refractivity contribution in [1.82, 2.24) is 0 Å². The minimum Gasteiger partial charge on any atom is -0.507 e. The van der Waals surface area contributed by atoms with Gasteiger partial charge in [0.1, 0.15) is 23.0 Å². The van der Waals surface area contributed by atoms with Crippen molar-refractivity contribution < 1.29 is 38.8 Å². The maximum absolute atomic E-state index is 13.5. The van der Waals surface area contributed by atoms with E-state index >= 15 is 0 Å². The zero-order chi connectivity index (χ0) is 24.1. The smallest absolute Gasteiger partial charge is 0.202 e. The fourth-order valence-electron chi connectivity index (χ4n) is 5.31. The van der Waals surface area contributed by atoms with Crippen LogP contribution < -0.4 is 4.74 Å². The Kier molecular flexibility index (Phi) is 5.65. The molecular formula is C26H26O8. The van der Waals surface area contributed by atoms with Crippen LogP contribution >= 0.6 is 0 Å². The van der Waals surface area contributed by atoms with E-state index in [2.05, 4.69) is 0 Å². The summed E-state index contributed by atoms with van der Waals surface area (Å²) in [7, 11) is 1.39. The first-order chi connectivity index (χ1) is 16.3. The molecule has 2 aromatic rings. The number of ether oxygens (including phenoxy) is 3. The first-order valence-corrected chi connectivity index (χ1v) is 11.5. The number of methoxy groups -OCH3 is 1. The Morgan fingerprint density at radius 1 is 1.06 bits per heavy atom. The van der Waals surface area contributed by atoms with Gasteiger partial charge in [-0.2, -0.15) is 0 Å². The molecule has 0 radical (unpaired) electrons. The van der Waals surface area contributed by atoms with E-state index in [0.29, 0.717) is 13.0 Å². The van der Waals surface area contributed by atoms with E-state index in [1.54, 1.807) is 12.1 Å². The van der Waals surface area contributed by atoms with Gasteiger partial charge in [0.2, 0.25) is 5.78 Å². The summed E-state index contributed by atoms with van der Waals surface area (Å²) in [6.07, 6.45) is 1.62. The second-order valence-electron chi connectivity index (χ2n) is 9.05. The summed E-state index contributed by atoms with van der Waals surface area (Å²) in [6.45, 7) is 2.02. The van der Waals surface area contributed by atoms with Crippen LogP contribution in [0.4, 0.5) is 0 Å². The quantitative estimate of drug-likeness (QED) is 0.560. The van der Waals surface area contributed by atoms with E-state index in [1.807, 2.05) is 0 Å². The highest BCUT2D eigenvalue weighted by molar-refractivity contribution is 6.31. The molecule has 8 heteroatoms. The van der Waals surface area contributed by atoms with Gasteiger partial charge in [0, 0.05) is 29.2 Å². The predicted octanol–water partition coefficient (Wildman–Crippen LogP) is 3.62. The fourth-order valence-corrected chi connectivity index (χ4v) is 5.31. The molecule has 178 valence electrons. The molecule has 3 unspecified atom stereocenters. The molecule has 3 atom stereocenters. The average Bonchev–Trinajstić information content (AvgIpc) is 2.84. The standard InChI is InChI=1S/C26H26O8/c1-12(27)13-10-15-20(17(11-13)34-18-8-3-4-9-33-18)26(31)22-21(24(15)29)23(28)14-6-5-7-16(32-2)19(14)25(22)30/h5-7,13,17-18,29,31H,3-4,8-11H2,1-2H3. The third-order valence-electron chi connectivity index (χ3n) is 7.06. The number of benzene rings is 2. The maximum atomic E-state index is 13.5. The molecule has 1 saturated heterocycles. The van der Waals surface area contributed by atoms with Crippen LogP contribution in [0.5, 0.6) is 17.2 Å². The van der Waals surface area contributed by atoms with E-state index in [9.17, 15) is 24.6 Å². The van der Waals surface area contributed by atoms with Gasteiger partial charge in [-0.3, -0.25) is 14.4 Å². The number of hydrogen-bond donors (Lipinski definition) is 2. The van der Waals surface area contributed by atoms with Crippen molar-refractivity contribution in [3.05, 3.63) is 51.6 Å². The Balaban J connectivity index is 1.69. The normalized spacial score (nSPS) is 23.6. The van der Waals surface area contributed by atoms with Gasteiger partial charge in [0.05, 0.1) is 29.9 Å². The third-order valence-corrected chi connectivity index (χ3v) is 7.06. The van der Waals surface area contributed by atoms with Crippen LogP contribution in [0.15, 0.2) is 18.2 Å². The minimum absolute atomic E-state index is 0.0441. The van der Waals surface area contributed by atoms with Crippen molar-refractivity contribution >= 4 is 17.3 Å². The van der Waals surface area contributed by atoms with Gasteiger partial charge >= 0.3 is 0 Å². The van der Waals surface area contributed by atoms with Crippen molar-refractivity contribution in [2.75, 3.05) is 13.7 Å². The van der Waals surface area contributed by atoms with E-state index in [1.165, 1.54) is 20.1 Å². The topological polar surface area (TPSA) is 119 Å². The van der Waals surface area contributed by atoms with E-state index in [4.69, 9.17) is 14.2 Å². The number of phenolic OH excluding ortho intramolecular Hbond substituents is 2. The first-order valence-electron chi connectivity index (χ1n) is 11.5. The summed E-state index contributed by atoms with van der Waals surface area (Å²) < 4.78 is 17.2. The van der Waals surface area contributed by atoms with Crippen LogP contribution in [0.2, 0.25) is 0 Å². The van der Waals surface area contributed by atoms with Gasteiger partial charge in [0.25, 0.3) is 0 Å². The van der Waals surface area contributed by atoms with Gasteiger partial charge in [-0.15, -0.1) is 0 Å². The van der Waals surface area contributed by atoms with E-state index < -0.39 is 41.4 Å². The van der Waals surface area contributed by atoms with Crippen molar-refractivity contribution in [3.8, 4) is 17.2 Å². The molecule has 0 spiro atoms. The Bertz CT molecular complexity index is 1210. The fraction of sp³-hybridized carbons (Fsp3) is 0.423. The molecule has 34 heavy (non-hydrogen) atoms. The lowest BCUT2D eigenvalue weighted by molar-refractivity contribution is -0.195. The van der Waals surface area contributed by atoms with Gasteiger partial charge in [-0.1, -0.05) is 12.1 Å². The molecule has 2 aromatic carbocycles. The molecule has 0 saturated carbocycles. The van der Waals surface area contributed by atoms with Crippen LogP contribution in [0.25, 0.3) is 0 Å². The second-order valence-corrected chi connectivity index (χ2v) is 9.05. The number of fused-ring (bicyclic) bond motifs is 3. The predicted molar refractivity (Wildman–Crippen MR) is 120 cm³/mol. The van der Waals surface area contributed by atoms with Gasteiger partial charge in [-0.25, -0.2) is 0 Å². The van der Waals surface area contributed by atoms with Gasteiger partial charge < -0.3 is 24.4 Å². The van der Waals surface area contributed by atoms with E-state index in [-0.39, 0.29) is 57.8 Å². The van der Waals surface area contributed by atoms with Crippen LogP contribution in [-0.4, -0.2) is 47.6 Å². The highest BCUT2D eigenvalue weighted by atomic mass is 16.7. The molecule has 3 aliphatic rings. The Morgan fingerprint density at radius 3 is 2.50 bits per heavy atom. The third kappa shape index (κ3) is 3.40. The molecule has 1 aliphatic heterocycles. The largest absolute Gasteiger partial charge is 0.507 e. The lowest BCUT2D eigenvalue weighted by atomic mass is 9.74. The van der Waals surface area contributed by atoms with Crippen molar-refractivity contribution in [1.29, 1.82) is 0 Å². The second kappa shape index (κ2) is 8.52. The molecule has 0 amide bonds. The number of aromatic hydroxyl groups is 2. The number of ketones is 3. The van der Waals surface area contributed by atoms with Crippen LogP contribution in [-0.2, 0) is 20.7 Å². The zero-order valence-corrected chi connectivity index (χ0v) is 19.1. The Hall–Kier alpha value is -3.23. The number of hydrogen-bond acceptors (Lipinski definition) is 8.